The molecule has 5 heteroatoms. The van der Waals surface area contributed by atoms with E-state index in [4.69, 9.17) is 9.47 Å². The molecular weight excluding hydrogens is 261 g/mol. The molecule has 0 bridgehead atoms. The Kier molecular flexibility index (Phi) is 4.20. The van der Waals surface area contributed by atoms with Crippen LogP contribution in [0.2, 0.25) is 0 Å². The molecule has 0 radical (unpaired) electrons. The van der Waals surface area contributed by atoms with Crippen molar-refractivity contribution in [3.63, 3.8) is 0 Å². The molecule has 1 N–H and O–H groups in total. The number of nitrogens with one attached hydrogen (secondary N) is 1. The molecule has 0 aliphatic rings. The second-order valence-electron chi connectivity index (χ2n) is 4.03. The predicted octanol–water partition coefficient (Wildman–Crippen LogP) is 3.36. The van der Waals surface area contributed by atoms with Crippen LogP contribution in [0.4, 0.5) is 15.8 Å². The van der Waals surface area contributed by atoms with Crippen molar-refractivity contribution in [2.45, 2.75) is 0 Å². The number of benzene rings is 2. The van der Waals surface area contributed by atoms with Crippen LogP contribution in [-0.4, -0.2) is 20.2 Å². The first-order valence-corrected chi connectivity index (χ1v) is 5.93. The van der Waals surface area contributed by atoms with E-state index >= 15 is 0 Å². The molecule has 0 aliphatic carbocycles. The van der Waals surface area contributed by atoms with Crippen LogP contribution in [0.3, 0.4) is 0 Å². The Morgan fingerprint density at radius 2 is 1.80 bits per heavy atom. The monoisotopic (exact) mass is 275 g/mol. The van der Waals surface area contributed by atoms with Gasteiger partial charge in [0.05, 0.1) is 25.5 Å². The number of esters is 1. The minimum Gasteiger partial charge on any atom is -0.497 e. The highest BCUT2D eigenvalue weighted by molar-refractivity contribution is 5.96. The molecule has 2 aromatic carbocycles. The van der Waals surface area contributed by atoms with E-state index in [1.165, 1.54) is 26.4 Å². The van der Waals surface area contributed by atoms with Crippen molar-refractivity contribution in [3.8, 4) is 5.75 Å². The number of carbonyl (C=O) groups excluding carboxylic acids is 1. The summed E-state index contributed by atoms with van der Waals surface area (Å²) in [7, 11) is 2.85. The number of anilines is 2. The van der Waals surface area contributed by atoms with E-state index in [1.807, 2.05) is 0 Å². The average Bonchev–Trinajstić information content (AvgIpc) is 2.48. The van der Waals surface area contributed by atoms with Gasteiger partial charge in [-0.05, 0) is 36.4 Å². The zero-order valence-corrected chi connectivity index (χ0v) is 11.1. The van der Waals surface area contributed by atoms with E-state index in [9.17, 15) is 9.18 Å². The van der Waals surface area contributed by atoms with Crippen molar-refractivity contribution in [3.05, 3.63) is 53.8 Å². The summed E-state index contributed by atoms with van der Waals surface area (Å²) in [5.41, 5.74) is 1.56. The number of ether oxygens (including phenoxy) is 2. The Morgan fingerprint density at radius 3 is 2.40 bits per heavy atom. The fraction of sp³-hybridized carbons (Fsp3) is 0.133. The molecule has 0 spiro atoms. The normalized spacial score (nSPS) is 9.95. The number of carbonyl (C=O) groups is 1. The van der Waals surface area contributed by atoms with Crippen LogP contribution in [0.15, 0.2) is 42.5 Å². The highest BCUT2D eigenvalue weighted by Crippen LogP contribution is 2.26. The maximum atomic E-state index is 12.9. The quantitative estimate of drug-likeness (QED) is 0.869. The molecule has 104 valence electrons. The lowest BCUT2D eigenvalue weighted by Crippen LogP contribution is -2.06. The van der Waals surface area contributed by atoms with Gasteiger partial charge in [0, 0.05) is 11.8 Å². The van der Waals surface area contributed by atoms with E-state index < -0.39 is 5.97 Å². The smallest absolute Gasteiger partial charge is 0.339 e. The first-order valence-electron chi connectivity index (χ1n) is 5.93. The average molecular weight is 275 g/mol. The first kappa shape index (κ1) is 13.9. The Balaban J connectivity index is 2.37. The molecule has 0 aromatic heterocycles. The van der Waals surface area contributed by atoms with Gasteiger partial charge in [-0.25, -0.2) is 9.18 Å². The van der Waals surface area contributed by atoms with E-state index in [-0.39, 0.29) is 5.82 Å². The molecule has 0 amide bonds. The molecule has 0 heterocycles. The maximum absolute atomic E-state index is 12.9. The van der Waals surface area contributed by atoms with Crippen molar-refractivity contribution < 1.29 is 18.7 Å². The standard InChI is InChI=1S/C15H14FNO3/c1-19-12-7-8-13(15(18)20-2)14(9-12)17-11-5-3-10(16)4-6-11/h3-9,17H,1-2H3. The summed E-state index contributed by atoms with van der Waals surface area (Å²) in [4.78, 5) is 11.7. The maximum Gasteiger partial charge on any atom is 0.339 e. The summed E-state index contributed by atoms with van der Waals surface area (Å²) >= 11 is 0. The van der Waals surface area contributed by atoms with E-state index in [1.54, 1.807) is 30.3 Å². The molecule has 0 aliphatic heterocycles. The zero-order valence-electron chi connectivity index (χ0n) is 11.1. The second kappa shape index (κ2) is 6.06. The largest absolute Gasteiger partial charge is 0.497 e. The van der Waals surface area contributed by atoms with Gasteiger partial charge in [0.25, 0.3) is 0 Å². The molecule has 0 fully saturated rings. The topological polar surface area (TPSA) is 47.6 Å². The Hall–Kier alpha value is -2.56. The van der Waals surface area contributed by atoms with E-state index in [0.717, 1.165) is 0 Å². The lowest BCUT2D eigenvalue weighted by atomic mass is 10.1. The highest BCUT2D eigenvalue weighted by Gasteiger charge is 2.13. The summed E-state index contributed by atoms with van der Waals surface area (Å²) in [5, 5.41) is 3.04. The van der Waals surface area contributed by atoms with Gasteiger partial charge in [-0.2, -0.15) is 0 Å². The van der Waals surface area contributed by atoms with Gasteiger partial charge in [-0.15, -0.1) is 0 Å². The Labute approximate surface area is 116 Å². The van der Waals surface area contributed by atoms with Crippen molar-refractivity contribution in [2.75, 3.05) is 19.5 Å². The van der Waals surface area contributed by atoms with Gasteiger partial charge in [0.2, 0.25) is 0 Å². The number of rotatable bonds is 4. The fourth-order valence-corrected chi connectivity index (χ4v) is 1.73. The highest BCUT2D eigenvalue weighted by atomic mass is 19.1. The summed E-state index contributed by atoms with van der Waals surface area (Å²) in [5.74, 6) is -0.186. The first-order chi connectivity index (χ1) is 9.63. The van der Waals surface area contributed by atoms with Crippen molar-refractivity contribution in [1.29, 1.82) is 0 Å². The van der Waals surface area contributed by atoms with Crippen LogP contribution < -0.4 is 10.1 Å². The van der Waals surface area contributed by atoms with Gasteiger partial charge >= 0.3 is 5.97 Å². The molecule has 20 heavy (non-hydrogen) atoms. The predicted molar refractivity (Wildman–Crippen MR) is 74.0 cm³/mol. The Morgan fingerprint density at radius 1 is 1.10 bits per heavy atom. The molecule has 0 unspecified atom stereocenters. The zero-order chi connectivity index (χ0) is 14.5. The van der Waals surface area contributed by atoms with Gasteiger partial charge in [-0.3, -0.25) is 0 Å². The number of methoxy groups -OCH3 is 2. The lowest BCUT2D eigenvalue weighted by Gasteiger charge is -2.12. The van der Waals surface area contributed by atoms with Crippen LogP contribution in [0.5, 0.6) is 5.75 Å². The van der Waals surface area contributed by atoms with E-state index in [0.29, 0.717) is 22.7 Å². The minimum atomic E-state index is -0.461. The Bertz CT molecular complexity index is 611. The minimum absolute atomic E-state index is 0.325. The lowest BCUT2D eigenvalue weighted by molar-refractivity contribution is 0.0602. The summed E-state index contributed by atoms with van der Waals surface area (Å²) in [6.07, 6.45) is 0. The van der Waals surface area contributed by atoms with Crippen LogP contribution in [0, 0.1) is 5.82 Å². The summed E-state index contributed by atoms with van der Waals surface area (Å²) in [6, 6.07) is 10.8. The van der Waals surface area contributed by atoms with Gasteiger partial charge in [0.15, 0.2) is 0 Å². The van der Waals surface area contributed by atoms with E-state index in [2.05, 4.69) is 5.32 Å². The summed E-state index contributed by atoms with van der Waals surface area (Å²) in [6.45, 7) is 0. The molecule has 2 rings (SSSR count). The molecule has 0 saturated carbocycles. The van der Waals surface area contributed by atoms with Crippen LogP contribution in [0.25, 0.3) is 0 Å². The van der Waals surface area contributed by atoms with Gasteiger partial charge < -0.3 is 14.8 Å². The molecule has 0 saturated heterocycles. The SMILES string of the molecule is COC(=O)c1ccc(OC)cc1Nc1ccc(F)cc1. The third kappa shape index (κ3) is 3.06. The third-order valence-electron chi connectivity index (χ3n) is 2.76. The van der Waals surface area contributed by atoms with Crippen molar-refractivity contribution >= 4 is 17.3 Å². The van der Waals surface area contributed by atoms with Crippen molar-refractivity contribution in [1.82, 2.24) is 0 Å². The fourth-order valence-electron chi connectivity index (χ4n) is 1.73. The van der Waals surface area contributed by atoms with Crippen LogP contribution in [0.1, 0.15) is 10.4 Å². The van der Waals surface area contributed by atoms with Crippen LogP contribution in [-0.2, 0) is 4.74 Å². The summed E-state index contributed by atoms with van der Waals surface area (Å²) < 4.78 is 22.7. The van der Waals surface area contributed by atoms with Crippen molar-refractivity contribution in [2.24, 2.45) is 0 Å². The molecule has 2 aromatic rings. The third-order valence-corrected chi connectivity index (χ3v) is 2.76. The van der Waals surface area contributed by atoms with Gasteiger partial charge in [-0.1, -0.05) is 0 Å². The second-order valence-corrected chi connectivity index (χ2v) is 4.03. The molecule has 0 atom stereocenters. The number of halogens is 1. The van der Waals surface area contributed by atoms with Gasteiger partial charge in [0.1, 0.15) is 11.6 Å². The van der Waals surface area contributed by atoms with Crippen LogP contribution >= 0.6 is 0 Å². The number of hydrogen-bond donors (Lipinski definition) is 1. The molecule has 4 nitrogen and oxygen atoms in total. The molecular formula is C15H14FNO3. The number of hydrogen-bond acceptors (Lipinski definition) is 4.